The first kappa shape index (κ1) is 30.6. The van der Waals surface area contributed by atoms with E-state index in [4.69, 9.17) is 19.4 Å². The van der Waals surface area contributed by atoms with Crippen molar-refractivity contribution in [1.29, 1.82) is 0 Å². The highest BCUT2D eigenvalue weighted by atomic mass is 16.3. The quantitative estimate of drug-likeness (QED) is 0.176. The van der Waals surface area contributed by atoms with Gasteiger partial charge in [-0.15, -0.1) is 0 Å². The fourth-order valence-corrected chi connectivity index (χ4v) is 7.33. The summed E-state index contributed by atoms with van der Waals surface area (Å²) < 4.78 is 6.83. The van der Waals surface area contributed by atoms with Crippen molar-refractivity contribution in [2.45, 2.75) is 0 Å². The lowest BCUT2D eigenvalue weighted by molar-refractivity contribution is 0.670. The number of rotatable bonds is 6. The van der Waals surface area contributed by atoms with E-state index in [1.807, 2.05) is 24.3 Å². The van der Waals surface area contributed by atoms with Gasteiger partial charge >= 0.3 is 0 Å². The number of furan rings is 1. The standard InChI is InChI=1S/C49H31N3O/c1-4-13-32(14-5-1)34-23-27-37(28-24-34)47-50-48(38-29-25-35(26-30-38)33-15-6-2-7-16-33)52-49(51-47)42-22-12-21-41-45-40-20-11-10-19-39(40)43(31-44(45)53-46(41)42)36-17-8-3-9-18-36/h1-31H. The molecule has 248 valence electrons. The van der Waals surface area contributed by atoms with Gasteiger partial charge in [0.2, 0.25) is 0 Å². The van der Waals surface area contributed by atoms with E-state index in [-0.39, 0.29) is 0 Å². The van der Waals surface area contributed by atoms with Crippen LogP contribution in [0.1, 0.15) is 0 Å². The van der Waals surface area contributed by atoms with Crippen molar-refractivity contribution in [2.75, 3.05) is 0 Å². The molecule has 0 aliphatic heterocycles. The van der Waals surface area contributed by atoms with Crippen molar-refractivity contribution in [3.63, 3.8) is 0 Å². The highest BCUT2D eigenvalue weighted by molar-refractivity contribution is 6.23. The van der Waals surface area contributed by atoms with Crippen molar-refractivity contribution in [3.8, 4) is 67.5 Å². The van der Waals surface area contributed by atoms with Crippen LogP contribution in [0.3, 0.4) is 0 Å². The molecular formula is C49H31N3O. The summed E-state index contributed by atoms with van der Waals surface area (Å²) in [6.45, 7) is 0. The van der Waals surface area contributed by atoms with Gasteiger partial charge in [0.05, 0.1) is 5.56 Å². The fraction of sp³-hybridized carbons (Fsp3) is 0. The zero-order valence-corrected chi connectivity index (χ0v) is 28.6. The van der Waals surface area contributed by atoms with Gasteiger partial charge in [0.15, 0.2) is 17.5 Å². The van der Waals surface area contributed by atoms with Gasteiger partial charge in [-0.3, -0.25) is 0 Å². The molecule has 0 atom stereocenters. The van der Waals surface area contributed by atoms with Crippen molar-refractivity contribution in [1.82, 2.24) is 15.0 Å². The SMILES string of the molecule is c1ccc(-c2ccc(-c3nc(-c4ccc(-c5ccccc5)cc4)nc(-c4cccc5c4oc4cc(-c6ccccc6)c6ccccc6c45)n3)cc2)cc1. The largest absolute Gasteiger partial charge is 0.455 e. The maximum Gasteiger partial charge on any atom is 0.167 e. The highest BCUT2D eigenvalue weighted by Crippen LogP contribution is 2.42. The normalized spacial score (nSPS) is 11.4. The monoisotopic (exact) mass is 677 g/mol. The Morgan fingerprint density at radius 1 is 0.302 bits per heavy atom. The molecule has 0 aliphatic carbocycles. The predicted molar refractivity (Wildman–Crippen MR) is 217 cm³/mol. The number of hydrogen-bond donors (Lipinski definition) is 0. The lowest BCUT2D eigenvalue weighted by Gasteiger charge is -2.10. The average molecular weight is 678 g/mol. The first-order chi connectivity index (χ1) is 26.3. The zero-order chi connectivity index (χ0) is 35.1. The summed E-state index contributed by atoms with van der Waals surface area (Å²) in [5, 5.41) is 4.44. The Kier molecular flexibility index (Phi) is 7.43. The molecule has 0 bridgehead atoms. The maximum atomic E-state index is 6.83. The molecule has 0 saturated carbocycles. The third kappa shape index (κ3) is 5.54. The number of fused-ring (bicyclic) bond motifs is 5. The van der Waals surface area contributed by atoms with Gasteiger partial charge in [-0.2, -0.15) is 0 Å². The molecular weight excluding hydrogens is 647 g/mol. The van der Waals surface area contributed by atoms with Crippen LogP contribution >= 0.6 is 0 Å². The van der Waals surface area contributed by atoms with E-state index in [0.29, 0.717) is 17.5 Å². The Labute approximate surface area is 306 Å². The molecule has 0 unspecified atom stereocenters. The molecule has 0 amide bonds. The van der Waals surface area contributed by atoms with Crippen LogP contribution < -0.4 is 0 Å². The topological polar surface area (TPSA) is 51.8 Å². The average Bonchev–Trinajstić information content (AvgIpc) is 3.63. The Morgan fingerprint density at radius 2 is 0.736 bits per heavy atom. The van der Waals surface area contributed by atoms with Crippen LogP contribution in [0, 0.1) is 0 Å². The van der Waals surface area contributed by atoms with Crippen LogP contribution in [-0.4, -0.2) is 15.0 Å². The van der Waals surface area contributed by atoms with E-state index >= 15 is 0 Å². The summed E-state index contributed by atoms with van der Waals surface area (Å²) in [5.74, 6) is 1.75. The van der Waals surface area contributed by atoms with Crippen LogP contribution in [0.2, 0.25) is 0 Å². The maximum absolute atomic E-state index is 6.83. The number of nitrogens with zero attached hydrogens (tertiary/aromatic N) is 3. The molecule has 8 aromatic carbocycles. The first-order valence-electron chi connectivity index (χ1n) is 17.8. The summed E-state index contributed by atoms with van der Waals surface area (Å²) >= 11 is 0. The molecule has 4 heteroatoms. The van der Waals surface area contributed by atoms with Gasteiger partial charge < -0.3 is 4.42 Å². The molecule has 10 rings (SSSR count). The minimum Gasteiger partial charge on any atom is -0.455 e. The van der Waals surface area contributed by atoms with Crippen LogP contribution in [0.15, 0.2) is 192 Å². The van der Waals surface area contributed by atoms with Gasteiger partial charge in [0.1, 0.15) is 11.2 Å². The molecule has 0 N–H and O–H groups in total. The van der Waals surface area contributed by atoms with Crippen LogP contribution in [0.4, 0.5) is 0 Å². The third-order valence-corrected chi connectivity index (χ3v) is 9.97. The van der Waals surface area contributed by atoms with Gasteiger partial charge in [0.25, 0.3) is 0 Å². The van der Waals surface area contributed by atoms with Gasteiger partial charge in [0, 0.05) is 21.9 Å². The number of benzene rings is 8. The van der Waals surface area contributed by atoms with Crippen LogP contribution in [-0.2, 0) is 0 Å². The second-order valence-corrected chi connectivity index (χ2v) is 13.2. The smallest absolute Gasteiger partial charge is 0.167 e. The van der Waals surface area contributed by atoms with E-state index in [9.17, 15) is 0 Å². The molecule has 2 heterocycles. The first-order valence-corrected chi connectivity index (χ1v) is 17.8. The highest BCUT2D eigenvalue weighted by Gasteiger charge is 2.20. The summed E-state index contributed by atoms with van der Waals surface area (Å²) in [7, 11) is 0. The minimum atomic E-state index is 0.557. The van der Waals surface area contributed by atoms with Crippen molar-refractivity contribution in [2.24, 2.45) is 0 Å². The number of hydrogen-bond acceptors (Lipinski definition) is 4. The molecule has 53 heavy (non-hydrogen) atoms. The molecule has 2 aromatic heterocycles. The predicted octanol–water partition coefficient (Wildman–Crippen LogP) is 12.9. The molecule has 10 aromatic rings. The van der Waals surface area contributed by atoms with Gasteiger partial charge in [-0.1, -0.05) is 176 Å². The fourth-order valence-electron chi connectivity index (χ4n) is 7.33. The summed E-state index contributed by atoms with van der Waals surface area (Å²) in [5.41, 5.74) is 11.1. The molecule has 0 aliphatic rings. The van der Waals surface area contributed by atoms with Crippen molar-refractivity contribution < 1.29 is 4.42 Å². The second-order valence-electron chi connectivity index (χ2n) is 13.2. The molecule has 0 saturated heterocycles. The Bertz CT molecular complexity index is 2800. The minimum absolute atomic E-state index is 0.557. The van der Waals surface area contributed by atoms with E-state index in [0.717, 1.165) is 77.4 Å². The molecule has 4 nitrogen and oxygen atoms in total. The van der Waals surface area contributed by atoms with E-state index in [1.54, 1.807) is 0 Å². The molecule has 0 fully saturated rings. The lowest BCUT2D eigenvalue weighted by Crippen LogP contribution is -2.00. The van der Waals surface area contributed by atoms with Crippen molar-refractivity contribution >= 4 is 32.7 Å². The van der Waals surface area contributed by atoms with E-state index < -0.39 is 0 Å². The lowest BCUT2D eigenvalue weighted by atomic mass is 9.95. The third-order valence-electron chi connectivity index (χ3n) is 9.97. The Morgan fingerprint density at radius 3 is 1.30 bits per heavy atom. The molecule has 0 spiro atoms. The zero-order valence-electron chi connectivity index (χ0n) is 28.6. The Hall–Kier alpha value is -7.17. The number of para-hydroxylation sites is 1. The Balaban J connectivity index is 1.16. The van der Waals surface area contributed by atoms with Gasteiger partial charge in [-0.25, -0.2) is 15.0 Å². The number of aromatic nitrogens is 3. The van der Waals surface area contributed by atoms with E-state index in [2.05, 4.69) is 164 Å². The summed E-state index contributed by atoms with van der Waals surface area (Å²) in [6.07, 6.45) is 0. The summed E-state index contributed by atoms with van der Waals surface area (Å²) in [4.78, 5) is 15.3. The van der Waals surface area contributed by atoms with Crippen molar-refractivity contribution in [3.05, 3.63) is 188 Å². The molecule has 0 radical (unpaired) electrons. The van der Waals surface area contributed by atoms with Crippen LogP contribution in [0.25, 0.3) is 100 Å². The second kappa shape index (κ2) is 12.9. The van der Waals surface area contributed by atoms with E-state index in [1.165, 1.54) is 5.39 Å². The van der Waals surface area contributed by atoms with Crippen LogP contribution in [0.5, 0.6) is 0 Å². The van der Waals surface area contributed by atoms with Gasteiger partial charge in [-0.05, 0) is 56.3 Å². The summed E-state index contributed by atoms with van der Waals surface area (Å²) in [6, 6.07) is 65.1.